The SMILES string of the molecule is CCNC(=O)[C@@H](Cc1ccccc1)N(Cc1cccc(C)c1)C(=O)CN(c1ccc(F)cc1)S(=O)(=O)c1ccc(OCC)cc1. The summed E-state index contributed by atoms with van der Waals surface area (Å²) in [5.74, 6) is -1.01. The van der Waals surface area contributed by atoms with E-state index < -0.39 is 34.3 Å². The number of benzene rings is 4. The standard InChI is InChI=1S/C35H38FN3O5S/c1-4-37-35(41)33(23-27-11-7-6-8-12-27)38(24-28-13-9-10-26(3)22-28)34(40)25-39(30-16-14-29(36)15-17-30)45(42,43)32-20-18-31(19-21-32)44-5-2/h6-22,33H,4-5,23-25H2,1-3H3,(H,37,41)/t33-/m1/s1. The van der Waals surface area contributed by atoms with Gasteiger partial charge in [-0.2, -0.15) is 0 Å². The van der Waals surface area contributed by atoms with Crippen LogP contribution in [0.2, 0.25) is 0 Å². The summed E-state index contributed by atoms with van der Waals surface area (Å²) in [5, 5.41) is 2.84. The molecule has 1 atom stereocenters. The summed E-state index contributed by atoms with van der Waals surface area (Å²) in [4.78, 5) is 29.3. The van der Waals surface area contributed by atoms with Gasteiger partial charge in [0.2, 0.25) is 11.8 Å². The number of nitrogens with zero attached hydrogens (tertiary/aromatic N) is 2. The molecule has 4 aromatic carbocycles. The fourth-order valence-corrected chi connectivity index (χ4v) is 6.41. The van der Waals surface area contributed by atoms with Crippen molar-refractivity contribution in [3.8, 4) is 5.75 Å². The number of nitrogens with one attached hydrogen (secondary N) is 1. The lowest BCUT2D eigenvalue weighted by Gasteiger charge is -2.34. The molecular formula is C35H38FN3O5S. The van der Waals surface area contributed by atoms with Gasteiger partial charge in [0.25, 0.3) is 10.0 Å². The van der Waals surface area contributed by atoms with Crippen molar-refractivity contribution in [1.82, 2.24) is 10.2 Å². The van der Waals surface area contributed by atoms with Crippen molar-refractivity contribution in [2.24, 2.45) is 0 Å². The third-order valence-electron chi connectivity index (χ3n) is 7.17. The van der Waals surface area contributed by atoms with Gasteiger partial charge in [0, 0.05) is 19.5 Å². The summed E-state index contributed by atoms with van der Waals surface area (Å²) in [6, 6.07) is 26.8. The maximum absolute atomic E-state index is 14.4. The molecule has 0 bridgehead atoms. The Morgan fingerprint density at radius 1 is 0.867 bits per heavy atom. The number of hydrogen-bond acceptors (Lipinski definition) is 5. The third kappa shape index (κ3) is 8.69. The lowest BCUT2D eigenvalue weighted by molar-refractivity contribution is -0.140. The van der Waals surface area contributed by atoms with Crippen molar-refractivity contribution in [3.63, 3.8) is 0 Å². The zero-order chi connectivity index (χ0) is 32.4. The zero-order valence-electron chi connectivity index (χ0n) is 25.6. The molecule has 10 heteroatoms. The first-order chi connectivity index (χ1) is 21.6. The number of hydrogen-bond donors (Lipinski definition) is 1. The third-order valence-corrected chi connectivity index (χ3v) is 8.96. The molecule has 0 aliphatic heterocycles. The average molecular weight is 632 g/mol. The number of ether oxygens (including phenoxy) is 1. The van der Waals surface area contributed by atoms with Crippen LogP contribution in [0.15, 0.2) is 108 Å². The fourth-order valence-electron chi connectivity index (χ4n) is 4.99. The molecule has 4 rings (SSSR count). The number of anilines is 1. The first-order valence-corrected chi connectivity index (χ1v) is 16.2. The Morgan fingerprint density at radius 2 is 1.53 bits per heavy atom. The van der Waals surface area contributed by atoms with E-state index in [0.29, 0.717) is 18.9 Å². The quantitative estimate of drug-likeness (QED) is 0.198. The van der Waals surface area contributed by atoms with E-state index in [1.165, 1.54) is 41.3 Å². The van der Waals surface area contributed by atoms with Gasteiger partial charge in [-0.25, -0.2) is 12.8 Å². The van der Waals surface area contributed by atoms with Gasteiger partial charge >= 0.3 is 0 Å². The van der Waals surface area contributed by atoms with Gasteiger partial charge in [-0.15, -0.1) is 0 Å². The number of rotatable bonds is 14. The highest BCUT2D eigenvalue weighted by atomic mass is 32.2. The highest BCUT2D eigenvalue weighted by Crippen LogP contribution is 2.27. The lowest BCUT2D eigenvalue weighted by atomic mass is 10.0. The summed E-state index contributed by atoms with van der Waals surface area (Å²) < 4.78 is 48.5. The van der Waals surface area contributed by atoms with Crippen LogP contribution >= 0.6 is 0 Å². The summed E-state index contributed by atoms with van der Waals surface area (Å²) in [6.45, 7) is 5.75. The number of aryl methyl sites for hydroxylation is 1. The van der Waals surface area contributed by atoms with Crippen LogP contribution in [0.5, 0.6) is 5.75 Å². The molecule has 4 aromatic rings. The molecule has 0 saturated carbocycles. The van der Waals surface area contributed by atoms with E-state index in [0.717, 1.165) is 33.1 Å². The summed E-state index contributed by atoms with van der Waals surface area (Å²) in [6.07, 6.45) is 0.215. The van der Waals surface area contributed by atoms with Crippen LogP contribution in [0.25, 0.3) is 0 Å². The second kappa shape index (κ2) is 15.3. The molecule has 0 radical (unpaired) electrons. The van der Waals surface area contributed by atoms with E-state index in [1.807, 2.05) is 68.4 Å². The molecule has 1 N–H and O–H groups in total. The molecule has 45 heavy (non-hydrogen) atoms. The molecule has 236 valence electrons. The maximum atomic E-state index is 14.4. The minimum absolute atomic E-state index is 0.0650. The smallest absolute Gasteiger partial charge is 0.264 e. The van der Waals surface area contributed by atoms with E-state index in [1.54, 1.807) is 6.92 Å². The highest BCUT2D eigenvalue weighted by Gasteiger charge is 2.34. The summed E-state index contributed by atoms with van der Waals surface area (Å²) in [5.41, 5.74) is 2.71. The van der Waals surface area contributed by atoms with Crippen molar-refractivity contribution < 1.29 is 27.1 Å². The molecule has 0 unspecified atom stereocenters. The largest absolute Gasteiger partial charge is 0.494 e. The van der Waals surface area contributed by atoms with Crippen LogP contribution in [-0.4, -0.2) is 50.9 Å². The number of amides is 2. The number of likely N-dealkylation sites (N-methyl/N-ethyl adjacent to an activating group) is 1. The van der Waals surface area contributed by atoms with Crippen molar-refractivity contribution in [1.29, 1.82) is 0 Å². The van der Waals surface area contributed by atoms with Crippen molar-refractivity contribution in [2.75, 3.05) is 24.0 Å². The van der Waals surface area contributed by atoms with Crippen LogP contribution < -0.4 is 14.4 Å². The highest BCUT2D eigenvalue weighted by molar-refractivity contribution is 7.92. The van der Waals surface area contributed by atoms with Crippen LogP contribution in [0.4, 0.5) is 10.1 Å². The molecular weight excluding hydrogens is 593 g/mol. The van der Waals surface area contributed by atoms with Crippen molar-refractivity contribution in [2.45, 2.75) is 44.7 Å². The lowest BCUT2D eigenvalue weighted by Crippen LogP contribution is -2.53. The van der Waals surface area contributed by atoms with Crippen LogP contribution in [0.1, 0.15) is 30.5 Å². The second-order valence-corrected chi connectivity index (χ2v) is 12.4. The van der Waals surface area contributed by atoms with Gasteiger partial charge in [-0.05, 0) is 80.4 Å². The van der Waals surface area contributed by atoms with Gasteiger partial charge in [0.15, 0.2) is 0 Å². The number of halogens is 1. The molecule has 0 heterocycles. The average Bonchev–Trinajstić information content (AvgIpc) is 3.03. The Labute approximate surface area is 264 Å². The number of sulfonamides is 1. The van der Waals surface area contributed by atoms with E-state index >= 15 is 0 Å². The van der Waals surface area contributed by atoms with Crippen molar-refractivity contribution >= 4 is 27.5 Å². The molecule has 0 saturated heterocycles. The molecule has 0 spiro atoms. The van der Waals surface area contributed by atoms with Gasteiger partial charge in [0.05, 0.1) is 17.2 Å². The molecule has 8 nitrogen and oxygen atoms in total. The Balaban J connectivity index is 1.78. The van der Waals surface area contributed by atoms with Gasteiger partial charge in [-0.3, -0.25) is 13.9 Å². The Hall–Kier alpha value is -4.70. The van der Waals surface area contributed by atoms with E-state index in [4.69, 9.17) is 4.74 Å². The predicted octanol–water partition coefficient (Wildman–Crippen LogP) is 5.50. The Bertz CT molecular complexity index is 1680. The van der Waals surface area contributed by atoms with Gasteiger partial charge in [-0.1, -0.05) is 60.2 Å². The monoisotopic (exact) mass is 631 g/mol. The van der Waals surface area contributed by atoms with Crippen LogP contribution in [0, 0.1) is 12.7 Å². The minimum atomic E-state index is -4.31. The molecule has 0 fully saturated rings. The Morgan fingerprint density at radius 3 is 2.16 bits per heavy atom. The summed E-state index contributed by atoms with van der Waals surface area (Å²) >= 11 is 0. The topological polar surface area (TPSA) is 96.0 Å². The maximum Gasteiger partial charge on any atom is 0.264 e. The molecule has 0 aliphatic carbocycles. The first kappa shape index (κ1) is 33.2. The summed E-state index contributed by atoms with van der Waals surface area (Å²) in [7, 11) is -4.31. The first-order valence-electron chi connectivity index (χ1n) is 14.8. The van der Waals surface area contributed by atoms with Gasteiger partial charge < -0.3 is 15.0 Å². The van der Waals surface area contributed by atoms with Crippen molar-refractivity contribution in [3.05, 3.63) is 126 Å². The second-order valence-electron chi connectivity index (χ2n) is 10.5. The van der Waals surface area contributed by atoms with Crippen LogP contribution in [-0.2, 0) is 32.6 Å². The molecule has 0 aromatic heterocycles. The number of carbonyl (C=O) groups is 2. The minimum Gasteiger partial charge on any atom is -0.494 e. The van der Waals surface area contributed by atoms with Crippen LogP contribution in [0.3, 0.4) is 0 Å². The van der Waals surface area contributed by atoms with E-state index in [9.17, 15) is 22.4 Å². The van der Waals surface area contributed by atoms with E-state index in [-0.39, 0.29) is 29.5 Å². The van der Waals surface area contributed by atoms with Gasteiger partial charge in [0.1, 0.15) is 24.2 Å². The molecule has 0 aliphatic rings. The Kier molecular flexibility index (Phi) is 11.3. The fraction of sp³-hybridized carbons (Fsp3) is 0.257. The van der Waals surface area contributed by atoms with E-state index in [2.05, 4.69) is 5.32 Å². The molecule has 2 amide bonds. The zero-order valence-corrected chi connectivity index (χ0v) is 26.5. The normalized spacial score (nSPS) is 11.8. The predicted molar refractivity (Wildman–Crippen MR) is 173 cm³/mol. The number of carbonyl (C=O) groups excluding carboxylic acids is 2.